The number of aliphatic hydroxyl groups is 1. The molecule has 1 heterocycles. The van der Waals surface area contributed by atoms with E-state index >= 15 is 0 Å². The Labute approximate surface area is 126 Å². The summed E-state index contributed by atoms with van der Waals surface area (Å²) in [7, 11) is 0. The number of hydrogen-bond donors (Lipinski definition) is 2. The molecule has 1 aromatic carbocycles. The number of aliphatic hydroxyl groups excluding tert-OH is 1. The van der Waals surface area contributed by atoms with Crippen LogP contribution in [0.1, 0.15) is 21.5 Å². The lowest BCUT2D eigenvalue weighted by molar-refractivity contribution is 0.0953. The van der Waals surface area contributed by atoms with Crippen LogP contribution in [0.5, 0.6) is 0 Å². The van der Waals surface area contributed by atoms with Gasteiger partial charge in [0.1, 0.15) is 4.60 Å². The number of nitrogens with zero attached hydrogens (tertiary/aromatic N) is 1. The van der Waals surface area contributed by atoms with Crippen molar-refractivity contribution >= 4 is 21.8 Å². The van der Waals surface area contributed by atoms with Gasteiger partial charge in [-0.1, -0.05) is 24.3 Å². The highest BCUT2D eigenvalue weighted by Gasteiger charge is 2.09. The van der Waals surface area contributed by atoms with E-state index in [0.717, 1.165) is 17.5 Å². The minimum absolute atomic E-state index is 0.0477. The number of benzene rings is 1. The van der Waals surface area contributed by atoms with Crippen LogP contribution in [0.25, 0.3) is 0 Å². The lowest BCUT2D eigenvalue weighted by Gasteiger charge is -2.07. The quantitative estimate of drug-likeness (QED) is 0.825. The number of hydrogen-bond acceptors (Lipinski definition) is 3. The first kappa shape index (κ1) is 14.7. The van der Waals surface area contributed by atoms with Crippen LogP contribution in [-0.2, 0) is 13.0 Å². The van der Waals surface area contributed by atoms with Gasteiger partial charge in [0.05, 0.1) is 12.2 Å². The van der Waals surface area contributed by atoms with E-state index in [1.54, 1.807) is 18.3 Å². The molecule has 0 unspecified atom stereocenters. The van der Waals surface area contributed by atoms with E-state index in [0.29, 0.717) is 16.7 Å². The van der Waals surface area contributed by atoms with E-state index in [2.05, 4.69) is 26.2 Å². The predicted molar refractivity (Wildman–Crippen MR) is 80.3 cm³/mol. The molecule has 0 saturated carbocycles. The fourth-order valence-corrected chi connectivity index (χ4v) is 2.21. The maximum absolute atomic E-state index is 11.9. The third-order valence-electron chi connectivity index (χ3n) is 2.91. The van der Waals surface area contributed by atoms with Crippen molar-refractivity contribution in [3.8, 4) is 0 Å². The molecule has 0 aliphatic carbocycles. The average molecular weight is 335 g/mol. The van der Waals surface area contributed by atoms with Crippen LogP contribution in [0.4, 0.5) is 0 Å². The van der Waals surface area contributed by atoms with Crippen molar-refractivity contribution in [3.63, 3.8) is 0 Å². The molecule has 5 heteroatoms. The summed E-state index contributed by atoms with van der Waals surface area (Å²) >= 11 is 3.25. The van der Waals surface area contributed by atoms with Gasteiger partial charge in [-0.05, 0) is 45.6 Å². The Morgan fingerprint density at radius 3 is 2.55 bits per heavy atom. The maximum Gasteiger partial charge on any atom is 0.254 e. The molecule has 0 fully saturated rings. The topological polar surface area (TPSA) is 62.2 Å². The second-order valence-corrected chi connectivity index (χ2v) is 5.07. The predicted octanol–water partition coefficient (Wildman–Crippen LogP) is 2.31. The second-order valence-electron chi connectivity index (χ2n) is 4.32. The van der Waals surface area contributed by atoms with Crippen molar-refractivity contribution in [3.05, 3.63) is 63.9 Å². The molecule has 1 aromatic heterocycles. The van der Waals surface area contributed by atoms with Crippen LogP contribution < -0.4 is 5.32 Å². The van der Waals surface area contributed by atoms with Crippen molar-refractivity contribution < 1.29 is 9.90 Å². The molecular weight excluding hydrogens is 320 g/mol. The monoisotopic (exact) mass is 334 g/mol. The molecule has 0 aliphatic heterocycles. The first-order valence-electron chi connectivity index (χ1n) is 6.28. The highest BCUT2D eigenvalue weighted by Crippen LogP contribution is 2.12. The molecule has 2 N–H and O–H groups in total. The molecule has 2 rings (SSSR count). The van der Waals surface area contributed by atoms with Gasteiger partial charge in [0.15, 0.2) is 0 Å². The SMILES string of the molecule is O=C(NCCc1ccc(CO)cc1)c1cccnc1Br. The van der Waals surface area contributed by atoms with E-state index in [4.69, 9.17) is 5.11 Å². The molecule has 0 spiro atoms. The molecule has 104 valence electrons. The molecule has 0 aliphatic rings. The molecule has 0 saturated heterocycles. The van der Waals surface area contributed by atoms with E-state index in [1.165, 1.54) is 0 Å². The van der Waals surface area contributed by atoms with E-state index in [-0.39, 0.29) is 12.5 Å². The van der Waals surface area contributed by atoms with Crippen molar-refractivity contribution in [2.45, 2.75) is 13.0 Å². The normalized spacial score (nSPS) is 10.3. The first-order chi connectivity index (χ1) is 9.70. The zero-order valence-corrected chi connectivity index (χ0v) is 12.4. The molecule has 0 radical (unpaired) electrons. The van der Waals surface area contributed by atoms with Gasteiger partial charge in [0.2, 0.25) is 0 Å². The second kappa shape index (κ2) is 7.17. The van der Waals surface area contributed by atoms with Gasteiger partial charge in [-0.3, -0.25) is 4.79 Å². The third-order valence-corrected chi connectivity index (χ3v) is 3.54. The standard InChI is InChI=1S/C15H15BrN2O2/c16-14-13(2-1-8-17-14)15(20)18-9-7-11-3-5-12(10-19)6-4-11/h1-6,8,19H,7,9-10H2,(H,18,20). The van der Waals surface area contributed by atoms with Crippen LogP contribution in [0, 0.1) is 0 Å². The minimum Gasteiger partial charge on any atom is -0.392 e. The van der Waals surface area contributed by atoms with Crippen molar-refractivity contribution in [1.29, 1.82) is 0 Å². The largest absolute Gasteiger partial charge is 0.392 e. The summed E-state index contributed by atoms with van der Waals surface area (Å²) in [5.74, 6) is -0.142. The number of pyridine rings is 1. The summed E-state index contributed by atoms with van der Waals surface area (Å²) in [6, 6.07) is 11.1. The van der Waals surface area contributed by atoms with Crippen LogP contribution in [0.3, 0.4) is 0 Å². The summed E-state index contributed by atoms with van der Waals surface area (Å²) in [4.78, 5) is 16.0. The van der Waals surface area contributed by atoms with E-state index < -0.39 is 0 Å². The van der Waals surface area contributed by atoms with Crippen LogP contribution in [-0.4, -0.2) is 22.5 Å². The fourth-order valence-electron chi connectivity index (χ4n) is 1.78. The summed E-state index contributed by atoms with van der Waals surface area (Å²) < 4.78 is 0.546. The molecular formula is C15H15BrN2O2. The zero-order valence-electron chi connectivity index (χ0n) is 10.8. The van der Waals surface area contributed by atoms with Gasteiger partial charge < -0.3 is 10.4 Å². The Bertz CT molecular complexity index is 585. The Balaban J connectivity index is 1.86. The van der Waals surface area contributed by atoms with Crippen molar-refractivity contribution in [2.24, 2.45) is 0 Å². The first-order valence-corrected chi connectivity index (χ1v) is 7.07. The summed E-state index contributed by atoms with van der Waals surface area (Å²) in [6.07, 6.45) is 2.37. The highest BCUT2D eigenvalue weighted by atomic mass is 79.9. The van der Waals surface area contributed by atoms with Gasteiger partial charge in [-0.25, -0.2) is 4.98 Å². The van der Waals surface area contributed by atoms with Crippen LogP contribution in [0.15, 0.2) is 47.2 Å². The number of amides is 1. The smallest absolute Gasteiger partial charge is 0.254 e. The molecule has 0 atom stereocenters. The Hall–Kier alpha value is -1.72. The Kier molecular flexibility index (Phi) is 5.26. The third kappa shape index (κ3) is 3.88. The number of rotatable bonds is 5. The number of nitrogens with one attached hydrogen (secondary N) is 1. The number of carbonyl (C=O) groups excluding carboxylic acids is 1. The van der Waals surface area contributed by atoms with Gasteiger partial charge in [-0.15, -0.1) is 0 Å². The minimum atomic E-state index is -0.142. The number of carbonyl (C=O) groups is 1. The highest BCUT2D eigenvalue weighted by molar-refractivity contribution is 9.10. The van der Waals surface area contributed by atoms with Gasteiger partial charge in [0, 0.05) is 12.7 Å². The van der Waals surface area contributed by atoms with Crippen molar-refractivity contribution in [2.75, 3.05) is 6.54 Å². The van der Waals surface area contributed by atoms with Gasteiger partial charge in [0.25, 0.3) is 5.91 Å². The molecule has 1 amide bonds. The lowest BCUT2D eigenvalue weighted by atomic mass is 10.1. The van der Waals surface area contributed by atoms with Crippen molar-refractivity contribution in [1.82, 2.24) is 10.3 Å². The summed E-state index contributed by atoms with van der Waals surface area (Å²) in [6.45, 7) is 0.602. The number of halogens is 1. The number of aromatic nitrogens is 1. The maximum atomic E-state index is 11.9. The van der Waals surface area contributed by atoms with Crippen LogP contribution in [0.2, 0.25) is 0 Å². The average Bonchev–Trinajstić information content (AvgIpc) is 2.48. The van der Waals surface area contributed by atoms with E-state index in [9.17, 15) is 4.79 Å². The fraction of sp³-hybridized carbons (Fsp3) is 0.200. The summed E-state index contributed by atoms with van der Waals surface area (Å²) in [5, 5.41) is 11.8. The molecule has 20 heavy (non-hydrogen) atoms. The molecule has 4 nitrogen and oxygen atoms in total. The lowest BCUT2D eigenvalue weighted by Crippen LogP contribution is -2.26. The van der Waals surface area contributed by atoms with Gasteiger partial charge in [-0.2, -0.15) is 0 Å². The van der Waals surface area contributed by atoms with Crippen LogP contribution >= 0.6 is 15.9 Å². The molecule has 0 bridgehead atoms. The summed E-state index contributed by atoms with van der Waals surface area (Å²) in [5.41, 5.74) is 2.54. The van der Waals surface area contributed by atoms with Gasteiger partial charge >= 0.3 is 0 Å². The van der Waals surface area contributed by atoms with E-state index in [1.807, 2.05) is 24.3 Å². The zero-order chi connectivity index (χ0) is 14.4. The molecule has 2 aromatic rings. The Morgan fingerprint density at radius 2 is 1.90 bits per heavy atom. The Morgan fingerprint density at radius 1 is 1.20 bits per heavy atom.